The zero-order valence-electron chi connectivity index (χ0n) is 14.7. The van der Waals surface area contributed by atoms with E-state index in [4.69, 9.17) is 0 Å². The van der Waals surface area contributed by atoms with Gasteiger partial charge in [-0.05, 0) is 25.5 Å². The van der Waals surface area contributed by atoms with Gasteiger partial charge in [-0.15, -0.1) is 0 Å². The van der Waals surface area contributed by atoms with Gasteiger partial charge in [0.25, 0.3) is 5.91 Å². The summed E-state index contributed by atoms with van der Waals surface area (Å²) < 4.78 is 0. The zero-order valence-corrected chi connectivity index (χ0v) is 14.7. The van der Waals surface area contributed by atoms with Crippen LogP contribution in [0, 0.1) is 0 Å². The van der Waals surface area contributed by atoms with E-state index >= 15 is 0 Å². The van der Waals surface area contributed by atoms with Gasteiger partial charge in [-0.25, -0.2) is 9.97 Å². The van der Waals surface area contributed by atoms with E-state index in [1.807, 2.05) is 11.0 Å². The number of anilines is 1. The number of piperazine rings is 1. The van der Waals surface area contributed by atoms with Gasteiger partial charge >= 0.3 is 0 Å². The maximum atomic E-state index is 12.4. The van der Waals surface area contributed by atoms with Gasteiger partial charge in [-0.2, -0.15) is 0 Å². The van der Waals surface area contributed by atoms with Crippen LogP contribution in [0.4, 0.5) is 5.82 Å². The van der Waals surface area contributed by atoms with E-state index < -0.39 is 0 Å². The summed E-state index contributed by atoms with van der Waals surface area (Å²) in [4.78, 5) is 25.1. The van der Waals surface area contributed by atoms with Gasteiger partial charge in [0.1, 0.15) is 11.5 Å². The first kappa shape index (κ1) is 17.4. The Morgan fingerprint density at radius 3 is 2.52 bits per heavy atom. The number of amides is 1. The molecular weight excluding hydrogens is 314 g/mol. The average Bonchev–Trinajstić information content (AvgIpc) is 2.67. The quantitative estimate of drug-likeness (QED) is 0.815. The standard InChI is InChI=1S/C19H25N5O/c1-23-10-12-24(13-11-23)19(25)17-14-22-18(15-21-17)20-9-5-8-16-6-3-2-4-7-16/h2-4,6-7,14-15H,5,8-13H2,1H3,(H,20,22). The molecule has 0 unspecified atom stereocenters. The largest absolute Gasteiger partial charge is 0.369 e. The van der Waals surface area contributed by atoms with Crippen molar-refractivity contribution in [1.82, 2.24) is 19.8 Å². The molecule has 0 atom stereocenters. The van der Waals surface area contributed by atoms with E-state index in [-0.39, 0.29) is 5.91 Å². The Morgan fingerprint density at radius 1 is 1.08 bits per heavy atom. The Labute approximate surface area is 148 Å². The molecule has 2 heterocycles. The Balaban J connectivity index is 1.44. The number of nitrogens with one attached hydrogen (secondary N) is 1. The number of hydrogen-bond donors (Lipinski definition) is 1. The van der Waals surface area contributed by atoms with E-state index in [0.717, 1.165) is 45.6 Å². The van der Waals surface area contributed by atoms with Gasteiger partial charge in [0.05, 0.1) is 12.4 Å². The molecule has 1 aromatic carbocycles. The molecule has 3 rings (SSSR count). The van der Waals surface area contributed by atoms with E-state index in [1.165, 1.54) is 5.56 Å². The summed E-state index contributed by atoms with van der Waals surface area (Å²) in [7, 11) is 2.07. The van der Waals surface area contributed by atoms with Gasteiger partial charge in [-0.3, -0.25) is 4.79 Å². The number of carbonyl (C=O) groups excluding carboxylic acids is 1. The predicted molar refractivity (Wildman–Crippen MR) is 98.7 cm³/mol. The SMILES string of the molecule is CN1CCN(C(=O)c2cnc(NCCCc3ccccc3)cn2)CC1. The molecule has 1 aliphatic heterocycles. The third-order valence-electron chi connectivity index (χ3n) is 4.45. The predicted octanol–water partition coefficient (Wildman–Crippen LogP) is 1.91. The second kappa shape index (κ2) is 8.58. The Morgan fingerprint density at radius 2 is 1.84 bits per heavy atom. The molecule has 1 aromatic heterocycles. The Kier molecular flexibility index (Phi) is 5.95. The highest BCUT2D eigenvalue weighted by molar-refractivity contribution is 5.92. The molecule has 1 amide bonds. The van der Waals surface area contributed by atoms with Crippen molar-refractivity contribution in [2.45, 2.75) is 12.8 Å². The van der Waals surface area contributed by atoms with E-state index in [9.17, 15) is 4.79 Å². The molecule has 1 fully saturated rings. The van der Waals surface area contributed by atoms with Crippen molar-refractivity contribution in [2.24, 2.45) is 0 Å². The zero-order chi connectivity index (χ0) is 17.5. The molecule has 132 valence electrons. The summed E-state index contributed by atoms with van der Waals surface area (Å²) in [5.41, 5.74) is 1.75. The van der Waals surface area contributed by atoms with Crippen molar-refractivity contribution in [2.75, 3.05) is 45.1 Å². The van der Waals surface area contributed by atoms with Crippen LogP contribution < -0.4 is 5.32 Å². The summed E-state index contributed by atoms with van der Waals surface area (Å²) in [6.07, 6.45) is 5.26. The lowest BCUT2D eigenvalue weighted by Gasteiger charge is -2.32. The minimum absolute atomic E-state index is 0.0313. The highest BCUT2D eigenvalue weighted by Gasteiger charge is 2.21. The smallest absolute Gasteiger partial charge is 0.274 e. The van der Waals surface area contributed by atoms with Gasteiger partial charge in [0.15, 0.2) is 0 Å². The first-order valence-corrected chi connectivity index (χ1v) is 8.80. The summed E-state index contributed by atoms with van der Waals surface area (Å²) in [6.45, 7) is 4.13. The molecule has 6 heteroatoms. The van der Waals surface area contributed by atoms with Crippen LogP contribution in [-0.2, 0) is 6.42 Å². The van der Waals surface area contributed by atoms with Crippen LogP contribution in [0.1, 0.15) is 22.5 Å². The molecule has 1 saturated heterocycles. The van der Waals surface area contributed by atoms with Crippen molar-refractivity contribution < 1.29 is 4.79 Å². The molecule has 0 spiro atoms. The van der Waals surface area contributed by atoms with Crippen molar-refractivity contribution in [3.63, 3.8) is 0 Å². The van der Waals surface area contributed by atoms with E-state index in [1.54, 1.807) is 12.4 Å². The van der Waals surface area contributed by atoms with Crippen LogP contribution in [0.15, 0.2) is 42.7 Å². The number of aryl methyl sites for hydroxylation is 1. The second-order valence-electron chi connectivity index (χ2n) is 6.40. The summed E-state index contributed by atoms with van der Waals surface area (Å²) in [5.74, 6) is 0.680. The normalized spacial score (nSPS) is 15.2. The van der Waals surface area contributed by atoms with Crippen LogP contribution in [0.5, 0.6) is 0 Å². The molecule has 1 N–H and O–H groups in total. The molecule has 0 saturated carbocycles. The first-order valence-electron chi connectivity index (χ1n) is 8.80. The van der Waals surface area contributed by atoms with Crippen molar-refractivity contribution in [1.29, 1.82) is 0 Å². The third kappa shape index (κ3) is 5.00. The maximum Gasteiger partial charge on any atom is 0.274 e. The van der Waals surface area contributed by atoms with Gasteiger partial charge in [0, 0.05) is 32.7 Å². The molecule has 6 nitrogen and oxygen atoms in total. The summed E-state index contributed by atoms with van der Waals surface area (Å²) in [5, 5.41) is 3.26. The lowest BCUT2D eigenvalue weighted by Crippen LogP contribution is -2.47. The number of benzene rings is 1. The van der Waals surface area contributed by atoms with Gasteiger partial charge < -0.3 is 15.1 Å². The maximum absolute atomic E-state index is 12.4. The molecule has 0 radical (unpaired) electrons. The number of aromatic nitrogens is 2. The fraction of sp³-hybridized carbons (Fsp3) is 0.421. The number of likely N-dealkylation sites (N-methyl/N-ethyl adjacent to an activating group) is 1. The van der Waals surface area contributed by atoms with Gasteiger partial charge in [0.2, 0.25) is 0 Å². The fourth-order valence-corrected chi connectivity index (χ4v) is 2.85. The third-order valence-corrected chi connectivity index (χ3v) is 4.45. The van der Waals surface area contributed by atoms with Crippen molar-refractivity contribution >= 4 is 11.7 Å². The summed E-state index contributed by atoms with van der Waals surface area (Å²) >= 11 is 0. The highest BCUT2D eigenvalue weighted by atomic mass is 16.2. The van der Waals surface area contributed by atoms with E-state index in [0.29, 0.717) is 11.5 Å². The molecule has 2 aromatic rings. The molecule has 0 aliphatic carbocycles. The number of nitrogens with zero attached hydrogens (tertiary/aromatic N) is 4. The molecular formula is C19H25N5O. The van der Waals surface area contributed by atoms with Crippen molar-refractivity contribution in [3.8, 4) is 0 Å². The van der Waals surface area contributed by atoms with Crippen LogP contribution >= 0.6 is 0 Å². The highest BCUT2D eigenvalue weighted by Crippen LogP contribution is 2.08. The lowest BCUT2D eigenvalue weighted by molar-refractivity contribution is 0.0658. The molecule has 0 bridgehead atoms. The fourth-order valence-electron chi connectivity index (χ4n) is 2.85. The van der Waals surface area contributed by atoms with E-state index in [2.05, 4.69) is 51.5 Å². The minimum Gasteiger partial charge on any atom is -0.369 e. The molecule has 1 aliphatic rings. The second-order valence-corrected chi connectivity index (χ2v) is 6.40. The molecule has 25 heavy (non-hydrogen) atoms. The topological polar surface area (TPSA) is 61.4 Å². The first-order chi connectivity index (χ1) is 12.2. The van der Waals surface area contributed by atoms with Crippen LogP contribution in [0.2, 0.25) is 0 Å². The van der Waals surface area contributed by atoms with Gasteiger partial charge in [-0.1, -0.05) is 30.3 Å². The Hall–Kier alpha value is -2.47. The number of rotatable bonds is 6. The lowest BCUT2D eigenvalue weighted by atomic mass is 10.1. The monoisotopic (exact) mass is 339 g/mol. The number of hydrogen-bond acceptors (Lipinski definition) is 5. The number of carbonyl (C=O) groups is 1. The summed E-state index contributed by atoms with van der Waals surface area (Å²) in [6, 6.07) is 10.4. The van der Waals surface area contributed by atoms with Crippen LogP contribution in [0.3, 0.4) is 0 Å². The average molecular weight is 339 g/mol. The minimum atomic E-state index is -0.0313. The van der Waals surface area contributed by atoms with Crippen LogP contribution in [-0.4, -0.2) is 65.4 Å². The van der Waals surface area contributed by atoms with Crippen molar-refractivity contribution in [3.05, 3.63) is 54.0 Å². The van der Waals surface area contributed by atoms with Crippen LogP contribution in [0.25, 0.3) is 0 Å². The Bertz CT molecular complexity index is 666.